The molecule has 488 valence electrons. The number of phosphoric ester groups is 1. The lowest BCUT2D eigenvalue weighted by Gasteiger charge is -2.28. The molecule has 0 heterocycles. The maximum Gasteiger partial charge on any atom is 0.306 e. The van der Waals surface area contributed by atoms with Crippen molar-refractivity contribution in [3.05, 3.63) is 85.1 Å². The first-order valence-electron chi connectivity index (χ1n) is 35.3. The normalized spacial score (nSPS) is 13.6. The van der Waals surface area contributed by atoms with Crippen molar-refractivity contribution in [2.75, 3.05) is 47.5 Å². The van der Waals surface area contributed by atoms with Crippen LogP contribution in [0, 0.1) is 0 Å². The summed E-state index contributed by atoms with van der Waals surface area (Å²) in [7, 11) is 1.18. The van der Waals surface area contributed by atoms with E-state index in [-0.39, 0.29) is 32.0 Å². The summed E-state index contributed by atoms with van der Waals surface area (Å²) in [6, 6.07) is 0. The van der Waals surface area contributed by atoms with Crippen LogP contribution in [0.25, 0.3) is 0 Å². The maximum atomic E-state index is 12.9. The van der Waals surface area contributed by atoms with Crippen molar-refractivity contribution in [2.24, 2.45) is 0 Å². The number of rotatable bonds is 65. The molecular formula is C74H134NO8P. The Morgan fingerprint density at radius 1 is 0.381 bits per heavy atom. The van der Waals surface area contributed by atoms with E-state index >= 15 is 0 Å². The number of hydrogen-bond donors (Lipinski definition) is 0. The Labute approximate surface area is 520 Å². The molecule has 0 aliphatic rings. The van der Waals surface area contributed by atoms with E-state index in [9.17, 15) is 19.0 Å². The number of phosphoric acid groups is 1. The first-order valence-corrected chi connectivity index (χ1v) is 36.8. The Bertz CT molecular complexity index is 1690. The summed E-state index contributed by atoms with van der Waals surface area (Å²) in [6.07, 6.45) is 88.1. The summed E-state index contributed by atoms with van der Waals surface area (Å²) in [4.78, 5) is 38.0. The fourth-order valence-electron chi connectivity index (χ4n) is 10.1. The number of likely N-dealkylation sites (N-methyl/N-ethyl adjacent to an activating group) is 1. The molecule has 0 spiro atoms. The highest BCUT2D eigenvalue weighted by Gasteiger charge is 2.22. The van der Waals surface area contributed by atoms with Gasteiger partial charge in [-0.25, -0.2) is 0 Å². The molecule has 84 heavy (non-hydrogen) atoms. The van der Waals surface area contributed by atoms with Crippen LogP contribution in [0.15, 0.2) is 85.1 Å². The van der Waals surface area contributed by atoms with Crippen LogP contribution < -0.4 is 4.89 Å². The van der Waals surface area contributed by atoms with E-state index in [0.717, 1.165) is 83.5 Å². The van der Waals surface area contributed by atoms with Gasteiger partial charge in [0.1, 0.15) is 19.8 Å². The molecule has 0 aromatic carbocycles. The van der Waals surface area contributed by atoms with Crippen LogP contribution >= 0.6 is 7.82 Å². The molecule has 0 fully saturated rings. The van der Waals surface area contributed by atoms with Gasteiger partial charge in [-0.15, -0.1) is 0 Å². The maximum absolute atomic E-state index is 12.9. The second-order valence-corrected chi connectivity index (χ2v) is 26.3. The summed E-state index contributed by atoms with van der Waals surface area (Å²) in [6.45, 7) is 4.17. The second-order valence-electron chi connectivity index (χ2n) is 24.9. The third kappa shape index (κ3) is 68.3. The Kier molecular flexibility index (Phi) is 62.5. The average molecular weight is 1200 g/mol. The Morgan fingerprint density at radius 3 is 1.01 bits per heavy atom. The van der Waals surface area contributed by atoms with Gasteiger partial charge >= 0.3 is 11.9 Å². The number of carbonyl (C=O) groups is 2. The molecule has 2 atom stereocenters. The van der Waals surface area contributed by atoms with E-state index < -0.39 is 26.5 Å². The summed E-state index contributed by atoms with van der Waals surface area (Å²) in [5, 5.41) is 0. The van der Waals surface area contributed by atoms with Crippen LogP contribution in [0.5, 0.6) is 0 Å². The number of unbranched alkanes of at least 4 members (excludes halogenated alkanes) is 37. The van der Waals surface area contributed by atoms with Crippen LogP contribution in [0.1, 0.15) is 322 Å². The predicted octanol–water partition coefficient (Wildman–Crippen LogP) is 22.3. The first-order chi connectivity index (χ1) is 41.0. The minimum absolute atomic E-state index is 0.0297. The van der Waals surface area contributed by atoms with Crippen LogP contribution in [0.2, 0.25) is 0 Å². The van der Waals surface area contributed by atoms with Gasteiger partial charge in [0.15, 0.2) is 6.10 Å². The standard InChI is InChI=1S/C74H134NO8P/c1-6-8-10-12-14-16-18-20-22-24-26-27-28-29-30-31-32-33-34-35-36-37-38-39-40-41-42-43-44-45-46-47-49-51-53-55-57-59-61-63-65-67-74(77)83-72(71-82-84(78,79)81-69-68-75(3,4)5)70-80-73(76)66-64-62-60-58-56-54-52-50-48-25-23-21-19-17-15-13-11-9-7-2/h8,10,14,16,20,22,26-27,29-30,32-33,35-36,72H,6-7,9,11-13,15,17-19,21,23-25,28,31,34,37-71H2,1-5H3/b10-8-,16-14-,22-20-,27-26-,30-29-,33-32-,36-35-. The van der Waals surface area contributed by atoms with E-state index in [0.29, 0.717) is 17.4 Å². The summed E-state index contributed by atoms with van der Waals surface area (Å²) < 4.78 is 34.3. The van der Waals surface area contributed by atoms with Crippen molar-refractivity contribution in [2.45, 2.75) is 328 Å². The number of carbonyl (C=O) groups excluding carboxylic acids is 2. The van der Waals surface area contributed by atoms with Crippen molar-refractivity contribution < 1.29 is 42.1 Å². The van der Waals surface area contributed by atoms with E-state index in [4.69, 9.17) is 18.5 Å². The summed E-state index contributed by atoms with van der Waals surface area (Å²) >= 11 is 0. The minimum atomic E-state index is -4.64. The highest BCUT2D eigenvalue weighted by Crippen LogP contribution is 2.38. The molecule has 2 unspecified atom stereocenters. The van der Waals surface area contributed by atoms with E-state index in [1.807, 2.05) is 21.1 Å². The number of esters is 2. The molecule has 0 saturated carbocycles. The number of quaternary nitrogens is 1. The van der Waals surface area contributed by atoms with Crippen LogP contribution in [-0.2, 0) is 32.7 Å². The SMILES string of the molecule is CC/C=C\C/C=C\C/C=C\C/C=C\C/C=C\C/C=C\C/C=C\CCCCCCCCCCCCCCCCCCCCCC(=O)OC(COC(=O)CCCCCCCCCCCCCCCCCCCCC)COP(=O)([O-])OCC[N+](C)(C)C. The molecule has 0 aliphatic carbocycles. The van der Waals surface area contributed by atoms with E-state index in [2.05, 4.69) is 98.9 Å². The molecular weight excluding hydrogens is 1060 g/mol. The van der Waals surface area contributed by atoms with Crippen LogP contribution in [-0.4, -0.2) is 70.0 Å². The monoisotopic (exact) mass is 1200 g/mol. The third-order valence-electron chi connectivity index (χ3n) is 15.4. The molecule has 0 saturated heterocycles. The quantitative estimate of drug-likeness (QED) is 0.0195. The smallest absolute Gasteiger partial charge is 0.306 e. The molecule has 0 aliphatic heterocycles. The molecule has 0 radical (unpaired) electrons. The zero-order valence-electron chi connectivity index (χ0n) is 55.6. The van der Waals surface area contributed by atoms with Gasteiger partial charge in [-0.3, -0.25) is 14.2 Å². The molecule has 9 nitrogen and oxygen atoms in total. The Hall–Kier alpha value is -2.81. The van der Waals surface area contributed by atoms with Crippen molar-refractivity contribution in [3.63, 3.8) is 0 Å². The topological polar surface area (TPSA) is 111 Å². The molecule has 0 aromatic heterocycles. The molecule has 0 aromatic rings. The van der Waals surface area contributed by atoms with Gasteiger partial charge in [-0.1, -0.05) is 324 Å². The van der Waals surface area contributed by atoms with Gasteiger partial charge in [-0.05, 0) is 70.6 Å². The summed E-state index contributed by atoms with van der Waals surface area (Å²) in [5.41, 5.74) is 0. The first kappa shape index (κ1) is 81.2. The number of allylic oxidation sites excluding steroid dienone is 14. The third-order valence-corrected chi connectivity index (χ3v) is 16.4. The van der Waals surface area contributed by atoms with Gasteiger partial charge in [0.25, 0.3) is 7.82 Å². The Morgan fingerprint density at radius 2 is 0.679 bits per heavy atom. The molecule has 0 amide bonds. The molecule has 0 bridgehead atoms. The number of hydrogen-bond acceptors (Lipinski definition) is 8. The van der Waals surface area contributed by atoms with Crippen molar-refractivity contribution >= 4 is 19.8 Å². The van der Waals surface area contributed by atoms with Crippen molar-refractivity contribution in [3.8, 4) is 0 Å². The van der Waals surface area contributed by atoms with Gasteiger partial charge in [-0.2, -0.15) is 0 Å². The minimum Gasteiger partial charge on any atom is -0.756 e. The number of ether oxygens (including phenoxy) is 2. The molecule has 0 rings (SSSR count). The van der Waals surface area contributed by atoms with Gasteiger partial charge in [0.05, 0.1) is 27.7 Å². The van der Waals surface area contributed by atoms with Gasteiger partial charge in [0, 0.05) is 12.8 Å². The average Bonchev–Trinajstić information content (AvgIpc) is 3.61. The Balaban J connectivity index is 3.95. The highest BCUT2D eigenvalue weighted by atomic mass is 31.2. The van der Waals surface area contributed by atoms with Crippen LogP contribution in [0.4, 0.5) is 0 Å². The van der Waals surface area contributed by atoms with E-state index in [1.54, 1.807) is 0 Å². The molecule has 0 N–H and O–H groups in total. The fraction of sp³-hybridized carbons (Fsp3) is 0.784. The lowest BCUT2D eigenvalue weighted by molar-refractivity contribution is -0.870. The van der Waals surface area contributed by atoms with Gasteiger partial charge < -0.3 is 27.9 Å². The van der Waals surface area contributed by atoms with Crippen molar-refractivity contribution in [1.29, 1.82) is 0 Å². The number of nitrogens with zero attached hydrogens (tertiary/aromatic N) is 1. The van der Waals surface area contributed by atoms with Gasteiger partial charge in [0.2, 0.25) is 0 Å². The zero-order valence-corrected chi connectivity index (χ0v) is 56.5. The summed E-state index contributed by atoms with van der Waals surface area (Å²) in [5.74, 6) is -0.817. The molecule has 10 heteroatoms. The lowest BCUT2D eigenvalue weighted by Crippen LogP contribution is -2.37. The van der Waals surface area contributed by atoms with Crippen molar-refractivity contribution in [1.82, 2.24) is 0 Å². The zero-order chi connectivity index (χ0) is 61.2. The second kappa shape index (κ2) is 64.7. The fourth-order valence-corrected chi connectivity index (χ4v) is 10.8. The van der Waals surface area contributed by atoms with E-state index in [1.165, 1.54) is 205 Å². The lowest BCUT2D eigenvalue weighted by atomic mass is 10.0. The highest BCUT2D eigenvalue weighted by molar-refractivity contribution is 7.45. The van der Waals surface area contributed by atoms with Crippen LogP contribution in [0.3, 0.4) is 0 Å². The predicted molar refractivity (Wildman–Crippen MR) is 360 cm³/mol. The largest absolute Gasteiger partial charge is 0.756 e.